The smallest absolute Gasteiger partial charge is 0.168 e. The fourth-order valence-electron chi connectivity index (χ4n) is 20.6. The summed E-state index contributed by atoms with van der Waals surface area (Å²) in [6.07, 6.45) is 7.88. The van der Waals surface area contributed by atoms with Crippen molar-refractivity contribution in [2.45, 2.75) is 270 Å². The molecular weight excluding hydrogens is 1920 g/mol. The predicted molar refractivity (Wildman–Crippen MR) is 620 cm³/mol. The molecule has 8 bridgehead atoms. The van der Waals surface area contributed by atoms with E-state index in [0.717, 1.165) is 243 Å². The summed E-state index contributed by atoms with van der Waals surface area (Å²) in [6.45, 7) is 70.4. The van der Waals surface area contributed by atoms with E-state index in [-0.39, 0.29) is 29.6 Å². The van der Waals surface area contributed by atoms with E-state index in [4.69, 9.17) is 63.1 Å². The maximum atomic E-state index is 7.99. The van der Waals surface area contributed by atoms with E-state index < -0.39 is 0 Å². The number of aromatic amines is 2. The summed E-state index contributed by atoms with van der Waals surface area (Å²) >= 11 is 7.01. The van der Waals surface area contributed by atoms with Crippen molar-refractivity contribution in [3.05, 3.63) is 103 Å². The van der Waals surface area contributed by atoms with Gasteiger partial charge in [0.05, 0.1) is 133 Å². The van der Waals surface area contributed by atoms with Gasteiger partial charge in [0, 0.05) is 77.3 Å². The maximum Gasteiger partial charge on any atom is 0.168 e. The molecule has 0 saturated carbocycles. The fraction of sp³-hybridized carbons (Fsp3) is 0.537. The number of aryl methyl sites for hydroxylation is 1. The lowest BCUT2D eigenvalue weighted by Crippen LogP contribution is -2.34. The van der Waals surface area contributed by atoms with E-state index in [0.29, 0.717) is 210 Å². The Kier molecular flexibility index (Phi) is 36.7. The number of H-pyrrole nitrogens is 2. The van der Waals surface area contributed by atoms with Crippen LogP contribution in [0.1, 0.15) is 230 Å². The van der Waals surface area contributed by atoms with Crippen molar-refractivity contribution >= 4 is 137 Å². The maximum absolute atomic E-state index is 7.99. The lowest BCUT2D eigenvalue weighted by molar-refractivity contribution is 0.278. The van der Waals surface area contributed by atoms with Crippen molar-refractivity contribution in [1.29, 1.82) is 0 Å². The molecule has 3 aromatic heterocycles. The number of hydrogen-bond donors (Lipinski definition) is 2. The Labute approximate surface area is 898 Å². The summed E-state index contributed by atoms with van der Waals surface area (Å²) in [5, 5.41) is 3.03. The number of ether oxygens (including phenoxy) is 7. The highest BCUT2D eigenvalue weighted by atomic mass is 32.2. The molecule has 0 unspecified atom stereocenters. The molecule has 17 rings (SSSR count). The molecule has 0 aliphatic carbocycles. The van der Waals surface area contributed by atoms with E-state index in [2.05, 4.69) is 312 Å². The van der Waals surface area contributed by atoms with Gasteiger partial charge in [-0.05, 0) is 212 Å². The first-order chi connectivity index (χ1) is 71.7. The van der Waals surface area contributed by atoms with Crippen LogP contribution in [0.25, 0.3) is 89.7 Å². The average molecular weight is 2080 g/mol. The highest BCUT2D eigenvalue weighted by Crippen LogP contribution is 2.68. The van der Waals surface area contributed by atoms with Crippen LogP contribution in [0.15, 0.2) is 136 Å². The molecule has 0 fully saturated rings. The van der Waals surface area contributed by atoms with Crippen molar-refractivity contribution in [3.63, 3.8) is 0 Å². The van der Waals surface area contributed by atoms with Gasteiger partial charge < -0.3 is 82.3 Å². The van der Waals surface area contributed by atoms with Gasteiger partial charge in [-0.2, -0.15) is 0 Å². The van der Waals surface area contributed by atoms with Crippen molar-refractivity contribution in [2.24, 2.45) is 47.3 Å². The lowest BCUT2D eigenvalue weighted by atomic mass is 9.95. The predicted octanol–water partition coefficient (Wildman–Crippen LogP) is 30.6. The first-order valence-corrected chi connectivity index (χ1v) is 59.2. The highest BCUT2D eigenvalue weighted by molar-refractivity contribution is 8.00. The normalized spacial score (nSPS) is 13.5. The number of fused-ring (bicyclic) bond motifs is 28. The van der Waals surface area contributed by atoms with Crippen LogP contribution < -0.4 is 52.8 Å². The standard InChI is InChI=1S/C121H164N16O7S4/c1-25-130(26-2)59-63-134-83-44-33-37-48-87(83)145-110-99(134)82(43-41-42-74(9)10)91-92(106(110)141-70-55-78(17)18)115-122-114(91)123-119-96-93(103(138-67-52-75(11)12)100-111(107(96)142-71-56-79(19)20)146-88-49-38-34-45-84(88)135(100)64-60-131(27-3)28-4)117(125-119)127-121-98-95(105(140-69-54-77(15)16)102-113(109(98)144-73-58-81(23)24)148-90-51-40-36-47-86(90)137(102)66-62-133(31-7)32-8)118(129-121)128-120-97-94(116(124-115)126-120)104(139-68-53-76(13)14)101-112(108(97)143-72-57-80(21)22)147-89-50-39-35-46-85(89)136(101)65-61-132(29-5)30-6/h33-40,44-51,74-81H,25-32,41-43,52-73H2,1-24H3,(H2,122,123,124,125,126,127,128,129). The SMILES string of the molecule is CCN(CC)CCN1c2ccccc2Sc2c(OCCC(C)C)c3c(c(OCCC(C)C)c21)-c1nc-3nc2[nH]c(nc3nc(nc4[nH]c(n1)c1c(OCCC(C)C)c5c(c(CCCC(C)C)c41)N(CCN(CC)CC)c1ccccc1S5)-c1c(OCCC(C)C)c4c(c(OCCC(C)C)c1-3)N(CCN(CC)CC)c1ccccc1S4)c1c(OCCC(C)C)c3c(c(OCCC(C)C)c21)N(CCN(CC)CC)c1ccccc1S3. The molecule has 9 heterocycles. The van der Waals surface area contributed by atoms with Crippen LogP contribution in [0, 0.1) is 47.3 Å². The van der Waals surface area contributed by atoms with Gasteiger partial charge in [0.15, 0.2) is 40.5 Å². The Balaban J connectivity index is 1.17. The van der Waals surface area contributed by atoms with Gasteiger partial charge in [-0.1, -0.05) is 268 Å². The Morgan fingerprint density at radius 1 is 0.264 bits per heavy atom. The summed E-state index contributed by atoms with van der Waals surface area (Å²) in [5.41, 5.74) is 14.0. The first-order valence-electron chi connectivity index (χ1n) is 55.9. The second-order valence-corrected chi connectivity index (χ2v) is 47.8. The zero-order chi connectivity index (χ0) is 104. The molecule has 148 heavy (non-hydrogen) atoms. The third-order valence-corrected chi connectivity index (χ3v) is 34.2. The van der Waals surface area contributed by atoms with Crippen molar-refractivity contribution < 1.29 is 33.2 Å². The molecule has 0 saturated heterocycles. The molecule has 23 nitrogen and oxygen atoms in total. The van der Waals surface area contributed by atoms with Crippen LogP contribution in [0.3, 0.4) is 0 Å². The van der Waals surface area contributed by atoms with Gasteiger partial charge in [0.25, 0.3) is 0 Å². The van der Waals surface area contributed by atoms with Crippen LogP contribution in [-0.4, -0.2) is 210 Å². The summed E-state index contributed by atoms with van der Waals surface area (Å²) in [5.74, 6) is 8.55. The minimum Gasteiger partial charge on any atom is -0.492 e. The molecule has 8 aromatic carbocycles. The quantitative estimate of drug-likeness (QED) is 0.0364. The van der Waals surface area contributed by atoms with E-state index in [1.807, 2.05) is 0 Å². The Morgan fingerprint density at radius 3 is 0.791 bits per heavy atom. The molecule has 794 valence electrons. The molecule has 6 aliphatic heterocycles. The number of nitrogens with one attached hydrogen (secondary N) is 2. The number of para-hydroxylation sites is 4. The van der Waals surface area contributed by atoms with Gasteiger partial charge in [-0.15, -0.1) is 0 Å². The second kappa shape index (κ2) is 49.7. The topological polar surface area (TPSA) is 199 Å². The van der Waals surface area contributed by atoms with E-state index >= 15 is 0 Å². The number of likely N-dealkylation sites (N-methyl/N-ethyl adjacent to an activating group) is 4. The van der Waals surface area contributed by atoms with Crippen LogP contribution in [0.2, 0.25) is 0 Å². The minimum atomic E-state index is 0.280. The molecule has 0 radical (unpaired) electrons. The highest BCUT2D eigenvalue weighted by Gasteiger charge is 2.46. The summed E-state index contributed by atoms with van der Waals surface area (Å²) < 4.78 is 55.7. The van der Waals surface area contributed by atoms with Gasteiger partial charge in [-0.25, -0.2) is 29.9 Å². The van der Waals surface area contributed by atoms with Gasteiger partial charge >= 0.3 is 0 Å². The van der Waals surface area contributed by atoms with Crippen molar-refractivity contribution in [2.75, 3.05) is 171 Å². The number of anilines is 8. The van der Waals surface area contributed by atoms with Gasteiger partial charge in [0.1, 0.15) is 62.6 Å². The number of rotatable bonds is 52. The first kappa shape index (κ1) is 109. The summed E-state index contributed by atoms with van der Waals surface area (Å²) in [7, 11) is 0. The molecule has 11 aromatic rings. The molecule has 0 amide bonds. The number of benzene rings is 8. The summed E-state index contributed by atoms with van der Waals surface area (Å²) in [6, 6.07) is 35.7. The second-order valence-electron chi connectivity index (χ2n) is 43.6. The average Bonchev–Trinajstić information content (AvgIpc) is 1.52. The van der Waals surface area contributed by atoms with Gasteiger partial charge in [0.2, 0.25) is 0 Å². The van der Waals surface area contributed by atoms with Crippen LogP contribution in [-0.2, 0) is 6.42 Å². The molecule has 6 aliphatic rings. The molecule has 2 N–H and O–H groups in total. The van der Waals surface area contributed by atoms with E-state index in [1.165, 1.54) is 0 Å². The van der Waals surface area contributed by atoms with E-state index in [9.17, 15) is 0 Å². The van der Waals surface area contributed by atoms with Crippen LogP contribution in [0.4, 0.5) is 45.5 Å². The minimum absolute atomic E-state index is 0.280. The molecular formula is C121H164N16O7S4. The zero-order valence-electron chi connectivity index (χ0n) is 92.9. The van der Waals surface area contributed by atoms with Gasteiger partial charge in [-0.3, -0.25) is 0 Å². The monoisotopic (exact) mass is 2080 g/mol. The molecule has 27 heteroatoms. The van der Waals surface area contributed by atoms with Crippen LogP contribution >= 0.6 is 47.0 Å². The van der Waals surface area contributed by atoms with Crippen molar-refractivity contribution in [1.82, 2.24) is 59.5 Å². The number of hydrogen-bond acceptors (Lipinski definition) is 25. The largest absolute Gasteiger partial charge is 0.492 e. The number of nitrogens with zero attached hydrogens (tertiary/aromatic N) is 14. The Hall–Kier alpha value is -9.84. The zero-order valence-corrected chi connectivity index (χ0v) is 96.2. The third kappa shape index (κ3) is 23.4. The lowest BCUT2D eigenvalue weighted by Gasteiger charge is -2.37. The fourth-order valence-corrected chi connectivity index (χ4v) is 25.5. The third-order valence-electron chi connectivity index (χ3n) is 29.6. The number of aromatic nitrogens is 8. The van der Waals surface area contributed by atoms with E-state index in [1.54, 1.807) is 47.0 Å². The Bertz CT molecular complexity index is 6270. The molecule has 0 atom stereocenters. The van der Waals surface area contributed by atoms with Crippen molar-refractivity contribution in [3.8, 4) is 85.8 Å². The molecule has 0 spiro atoms. The van der Waals surface area contributed by atoms with Crippen LogP contribution in [0.5, 0.6) is 40.2 Å². The summed E-state index contributed by atoms with van der Waals surface area (Å²) in [4.78, 5) is 75.5. The Morgan fingerprint density at radius 2 is 0.493 bits per heavy atom.